The third-order valence-electron chi connectivity index (χ3n) is 6.06. The van der Waals surface area contributed by atoms with Crippen molar-refractivity contribution in [2.45, 2.75) is 43.5 Å². The summed E-state index contributed by atoms with van der Waals surface area (Å²) >= 11 is 0. The lowest BCUT2D eigenvalue weighted by molar-refractivity contribution is -0.121. The molecule has 0 bridgehead atoms. The monoisotopic (exact) mass is 422 g/mol. The van der Waals surface area contributed by atoms with Crippen molar-refractivity contribution in [2.24, 2.45) is 0 Å². The smallest absolute Gasteiger partial charge is 0.243 e. The van der Waals surface area contributed by atoms with E-state index in [-0.39, 0.29) is 18.9 Å². The number of benzene rings is 1. The van der Waals surface area contributed by atoms with Crippen molar-refractivity contribution in [3.05, 3.63) is 30.3 Å². The lowest BCUT2D eigenvalue weighted by Crippen LogP contribution is -2.47. The SMILES string of the molecule is CCN1CCC(N2CCCN(S(=O)(=O)c3ccccc3)CCC(=O)NCC2)CC1. The topological polar surface area (TPSA) is 73.0 Å². The van der Waals surface area contributed by atoms with Gasteiger partial charge in [0, 0.05) is 38.6 Å². The zero-order chi connectivity index (χ0) is 20.7. The van der Waals surface area contributed by atoms with Gasteiger partial charge in [0.1, 0.15) is 0 Å². The number of rotatable bonds is 4. The molecule has 1 aromatic rings. The lowest BCUT2D eigenvalue weighted by Gasteiger charge is -2.38. The van der Waals surface area contributed by atoms with E-state index in [1.807, 2.05) is 0 Å². The van der Waals surface area contributed by atoms with Crippen LogP contribution in [-0.4, -0.2) is 86.8 Å². The Kier molecular flexibility index (Phi) is 8.06. The summed E-state index contributed by atoms with van der Waals surface area (Å²) in [6, 6.07) is 9.02. The molecule has 1 N–H and O–H groups in total. The predicted molar refractivity (Wildman–Crippen MR) is 114 cm³/mol. The van der Waals surface area contributed by atoms with E-state index in [4.69, 9.17) is 0 Å². The van der Waals surface area contributed by atoms with Gasteiger partial charge in [0.2, 0.25) is 15.9 Å². The number of nitrogens with one attached hydrogen (secondary N) is 1. The van der Waals surface area contributed by atoms with Crippen LogP contribution in [0.15, 0.2) is 35.2 Å². The molecular formula is C21H34N4O3S. The lowest BCUT2D eigenvalue weighted by atomic mass is 10.0. The Hall–Kier alpha value is -1.48. The van der Waals surface area contributed by atoms with Gasteiger partial charge in [-0.15, -0.1) is 0 Å². The van der Waals surface area contributed by atoms with Gasteiger partial charge >= 0.3 is 0 Å². The zero-order valence-electron chi connectivity index (χ0n) is 17.4. The van der Waals surface area contributed by atoms with Gasteiger partial charge in [-0.3, -0.25) is 9.69 Å². The molecule has 0 radical (unpaired) electrons. The maximum atomic E-state index is 13.1. The summed E-state index contributed by atoms with van der Waals surface area (Å²) in [4.78, 5) is 17.4. The molecule has 7 nitrogen and oxygen atoms in total. The van der Waals surface area contributed by atoms with Crippen molar-refractivity contribution in [3.63, 3.8) is 0 Å². The molecule has 2 heterocycles. The number of carbonyl (C=O) groups excluding carboxylic acids is 1. The van der Waals surface area contributed by atoms with Gasteiger partial charge in [-0.05, 0) is 57.6 Å². The van der Waals surface area contributed by atoms with Gasteiger partial charge in [-0.2, -0.15) is 4.31 Å². The highest BCUT2D eigenvalue weighted by molar-refractivity contribution is 7.89. The van der Waals surface area contributed by atoms with Crippen molar-refractivity contribution in [1.29, 1.82) is 0 Å². The number of nitrogens with zero attached hydrogens (tertiary/aromatic N) is 3. The standard InChI is InChI=1S/C21H34N4O3S/c1-2-23-15-9-19(10-16-23)24-13-6-14-25(17-11-21(26)22-12-18-24)29(27,28)20-7-4-3-5-8-20/h3-5,7-8,19H,2,6,9-18H2,1H3,(H,22,26). The summed E-state index contributed by atoms with van der Waals surface area (Å²) in [5.74, 6) is -0.0825. The third-order valence-corrected chi connectivity index (χ3v) is 7.98. The van der Waals surface area contributed by atoms with Crippen molar-refractivity contribution in [3.8, 4) is 0 Å². The number of amides is 1. The first-order valence-corrected chi connectivity index (χ1v) is 12.2. The fourth-order valence-corrected chi connectivity index (χ4v) is 5.78. The average molecular weight is 423 g/mol. The van der Waals surface area contributed by atoms with Gasteiger partial charge < -0.3 is 10.2 Å². The van der Waals surface area contributed by atoms with Crippen molar-refractivity contribution in [1.82, 2.24) is 19.4 Å². The zero-order valence-corrected chi connectivity index (χ0v) is 18.2. The molecule has 162 valence electrons. The highest BCUT2D eigenvalue weighted by atomic mass is 32.2. The first kappa shape index (κ1) is 22.2. The Morgan fingerprint density at radius 3 is 2.41 bits per heavy atom. The van der Waals surface area contributed by atoms with E-state index in [1.54, 1.807) is 30.3 Å². The van der Waals surface area contributed by atoms with Gasteiger partial charge in [-0.25, -0.2) is 8.42 Å². The summed E-state index contributed by atoms with van der Waals surface area (Å²) in [6.07, 6.45) is 3.23. The largest absolute Gasteiger partial charge is 0.355 e. The number of sulfonamides is 1. The van der Waals surface area contributed by atoms with E-state index in [0.29, 0.717) is 24.0 Å². The molecule has 1 aromatic carbocycles. The molecule has 29 heavy (non-hydrogen) atoms. The van der Waals surface area contributed by atoms with E-state index < -0.39 is 10.0 Å². The maximum absolute atomic E-state index is 13.1. The molecule has 2 aliphatic rings. The Morgan fingerprint density at radius 2 is 1.72 bits per heavy atom. The van der Waals surface area contributed by atoms with Gasteiger partial charge in [0.25, 0.3) is 0 Å². The summed E-state index contributed by atoms with van der Waals surface area (Å²) in [6.45, 7) is 8.48. The normalized spacial score (nSPS) is 22.7. The van der Waals surface area contributed by atoms with E-state index in [9.17, 15) is 13.2 Å². The minimum absolute atomic E-state index is 0.0825. The van der Waals surface area contributed by atoms with E-state index in [0.717, 1.165) is 52.0 Å². The van der Waals surface area contributed by atoms with Crippen LogP contribution in [0.3, 0.4) is 0 Å². The van der Waals surface area contributed by atoms with Crippen LogP contribution in [0.2, 0.25) is 0 Å². The number of piperidine rings is 1. The van der Waals surface area contributed by atoms with Crippen LogP contribution in [0, 0.1) is 0 Å². The predicted octanol–water partition coefficient (Wildman–Crippen LogP) is 1.37. The van der Waals surface area contributed by atoms with E-state index in [2.05, 4.69) is 22.0 Å². The van der Waals surface area contributed by atoms with E-state index >= 15 is 0 Å². The minimum Gasteiger partial charge on any atom is -0.355 e. The second-order valence-corrected chi connectivity index (χ2v) is 9.81. The van der Waals surface area contributed by atoms with Crippen LogP contribution in [0.5, 0.6) is 0 Å². The number of hydrogen-bond acceptors (Lipinski definition) is 5. The number of likely N-dealkylation sites (tertiary alicyclic amines) is 1. The Bertz CT molecular complexity index is 748. The van der Waals surface area contributed by atoms with Crippen molar-refractivity contribution >= 4 is 15.9 Å². The van der Waals surface area contributed by atoms with Gasteiger partial charge in [0.05, 0.1) is 4.90 Å². The van der Waals surface area contributed by atoms with Crippen molar-refractivity contribution < 1.29 is 13.2 Å². The van der Waals surface area contributed by atoms with Crippen LogP contribution in [0.1, 0.15) is 32.6 Å². The van der Waals surface area contributed by atoms with E-state index in [1.165, 1.54) is 4.31 Å². The highest BCUT2D eigenvalue weighted by Crippen LogP contribution is 2.19. The average Bonchev–Trinajstić information content (AvgIpc) is 2.79. The first-order valence-electron chi connectivity index (χ1n) is 10.8. The molecule has 2 fully saturated rings. The van der Waals surface area contributed by atoms with Crippen LogP contribution < -0.4 is 5.32 Å². The van der Waals surface area contributed by atoms with Crippen LogP contribution in [0.4, 0.5) is 0 Å². The molecule has 0 atom stereocenters. The minimum atomic E-state index is -3.59. The van der Waals surface area contributed by atoms with Gasteiger partial charge in [0.15, 0.2) is 0 Å². The van der Waals surface area contributed by atoms with Crippen LogP contribution >= 0.6 is 0 Å². The van der Waals surface area contributed by atoms with Crippen molar-refractivity contribution in [2.75, 3.05) is 52.4 Å². The summed E-state index contributed by atoms with van der Waals surface area (Å²) in [5.41, 5.74) is 0. The fourth-order valence-electron chi connectivity index (χ4n) is 4.28. The third kappa shape index (κ3) is 6.01. The summed E-state index contributed by atoms with van der Waals surface area (Å²) < 4.78 is 27.6. The summed E-state index contributed by atoms with van der Waals surface area (Å²) in [7, 11) is -3.59. The number of carbonyl (C=O) groups is 1. The molecule has 2 aliphatic heterocycles. The molecule has 0 unspecified atom stereocenters. The second kappa shape index (κ2) is 10.5. The second-order valence-electron chi connectivity index (χ2n) is 7.87. The van der Waals surface area contributed by atoms with Crippen LogP contribution in [-0.2, 0) is 14.8 Å². The molecule has 0 spiro atoms. The Balaban J connectivity index is 1.68. The highest BCUT2D eigenvalue weighted by Gasteiger charge is 2.27. The Morgan fingerprint density at radius 1 is 1.00 bits per heavy atom. The first-order chi connectivity index (χ1) is 14.0. The summed E-state index contributed by atoms with van der Waals surface area (Å²) in [5, 5.41) is 2.97. The molecule has 0 aliphatic carbocycles. The molecule has 0 saturated carbocycles. The fraction of sp³-hybridized carbons (Fsp3) is 0.667. The molecular weight excluding hydrogens is 388 g/mol. The molecule has 8 heteroatoms. The Labute approximate surface area is 175 Å². The van der Waals surface area contributed by atoms with Crippen LogP contribution in [0.25, 0.3) is 0 Å². The quantitative estimate of drug-likeness (QED) is 0.794. The molecule has 2 saturated heterocycles. The van der Waals surface area contributed by atoms with Gasteiger partial charge in [-0.1, -0.05) is 25.1 Å². The number of hydrogen-bond donors (Lipinski definition) is 1. The molecule has 0 aromatic heterocycles. The molecule has 3 rings (SSSR count). The molecule has 1 amide bonds. The maximum Gasteiger partial charge on any atom is 0.243 e.